The van der Waals surface area contributed by atoms with Crippen molar-refractivity contribution in [2.75, 3.05) is 47.5 Å². The SMILES string of the molecule is CC(C)(C)OC(=O)N1CC(c2cc(Br)c3c(c2)N(C(=O)OC(C)(C)C)c2ncnc(N4CCS(=O)(=O)CC4)c2CO3)C1. The minimum Gasteiger partial charge on any atom is -0.485 e. The van der Waals surface area contributed by atoms with Gasteiger partial charge in [0.15, 0.2) is 21.4 Å². The highest BCUT2D eigenvalue weighted by Crippen LogP contribution is 2.47. The highest BCUT2D eigenvalue weighted by molar-refractivity contribution is 9.10. The number of hydrogen-bond donors (Lipinski definition) is 0. The molecule has 42 heavy (non-hydrogen) atoms. The van der Waals surface area contributed by atoms with E-state index in [-0.39, 0.29) is 43.2 Å². The van der Waals surface area contributed by atoms with Gasteiger partial charge in [-0.1, -0.05) is 0 Å². The quantitative estimate of drug-likeness (QED) is 0.442. The molecule has 2 aromatic rings. The lowest BCUT2D eigenvalue weighted by atomic mass is 9.91. The van der Waals surface area contributed by atoms with Crippen LogP contribution in [-0.2, 0) is 25.9 Å². The number of ether oxygens (including phenoxy) is 3. The summed E-state index contributed by atoms with van der Waals surface area (Å²) < 4.78 is 42.4. The molecule has 12 nitrogen and oxygen atoms in total. The van der Waals surface area contributed by atoms with Crippen molar-refractivity contribution in [2.45, 2.75) is 65.3 Å². The Balaban J connectivity index is 1.52. The summed E-state index contributed by atoms with van der Waals surface area (Å²) in [4.78, 5) is 40.3. The molecule has 1 aromatic carbocycles. The summed E-state index contributed by atoms with van der Waals surface area (Å²) in [7, 11) is -3.11. The topological polar surface area (TPSA) is 131 Å². The summed E-state index contributed by atoms with van der Waals surface area (Å²) in [6.45, 7) is 12.4. The van der Waals surface area contributed by atoms with Gasteiger partial charge in [0.2, 0.25) is 0 Å². The molecule has 0 atom stereocenters. The number of fused-ring (bicyclic) bond motifs is 2. The number of carbonyl (C=O) groups excluding carboxylic acids is 2. The molecule has 2 amide bonds. The maximum absolute atomic E-state index is 13.8. The molecule has 0 N–H and O–H groups in total. The van der Waals surface area contributed by atoms with Crippen LogP contribution in [0, 0.1) is 0 Å². The van der Waals surface area contributed by atoms with E-state index in [9.17, 15) is 18.0 Å². The Morgan fingerprint density at radius 3 is 2.17 bits per heavy atom. The number of halogens is 1. The third kappa shape index (κ3) is 6.43. The maximum Gasteiger partial charge on any atom is 0.420 e. The van der Waals surface area contributed by atoms with Gasteiger partial charge in [0.05, 0.1) is 27.2 Å². The number of hydrogen-bond acceptors (Lipinski definition) is 10. The number of nitrogens with zero attached hydrogens (tertiary/aromatic N) is 5. The summed E-state index contributed by atoms with van der Waals surface area (Å²) in [6.07, 6.45) is 0.354. The first-order chi connectivity index (χ1) is 19.5. The fourth-order valence-corrected chi connectivity index (χ4v) is 6.76. The molecule has 2 fully saturated rings. The third-order valence-electron chi connectivity index (χ3n) is 6.98. The maximum atomic E-state index is 13.8. The number of amides is 2. The Hall–Kier alpha value is -3.13. The van der Waals surface area contributed by atoms with Crippen LogP contribution in [0.2, 0.25) is 0 Å². The average molecular weight is 667 g/mol. The van der Waals surface area contributed by atoms with E-state index in [2.05, 4.69) is 25.9 Å². The molecule has 14 heteroatoms. The van der Waals surface area contributed by atoms with Gasteiger partial charge in [-0.05, 0) is 75.2 Å². The van der Waals surface area contributed by atoms with Gasteiger partial charge in [-0.25, -0.2) is 32.9 Å². The Labute approximate surface area is 254 Å². The summed E-state index contributed by atoms with van der Waals surface area (Å²) in [5.41, 5.74) is 0.507. The normalized spacial score (nSPS) is 18.7. The lowest BCUT2D eigenvalue weighted by molar-refractivity contribution is 0.00817. The first-order valence-corrected chi connectivity index (χ1v) is 16.4. The Morgan fingerprint density at radius 1 is 0.952 bits per heavy atom. The van der Waals surface area contributed by atoms with Crippen molar-refractivity contribution in [1.82, 2.24) is 14.9 Å². The lowest BCUT2D eigenvalue weighted by Crippen LogP contribution is -2.50. The van der Waals surface area contributed by atoms with Crippen molar-refractivity contribution in [3.05, 3.63) is 34.1 Å². The second-order valence-corrected chi connectivity index (χ2v) is 15.8. The molecule has 1 aromatic heterocycles. The number of benzene rings is 1. The van der Waals surface area contributed by atoms with Crippen LogP contribution < -0.4 is 14.5 Å². The van der Waals surface area contributed by atoms with E-state index in [4.69, 9.17) is 14.2 Å². The van der Waals surface area contributed by atoms with Crippen LogP contribution in [0.1, 0.15) is 58.6 Å². The van der Waals surface area contributed by atoms with Crippen molar-refractivity contribution in [3.8, 4) is 5.75 Å². The first-order valence-electron chi connectivity index (χ1n) is 13.8. The van der Waals surface area contributed by atoms with Crippen LogP contribution in [-0.4, -0.2) is 84.4 Å². The molecule has 3 aliphatic rings. The predicted molar refractivity (Wildman–Crippen MR) is 160 cm³/mol. The van der Waals surface area contributed by atoms with Crippen molar-refractivity contribution >= 4 is 55.3 Å². The second kappa shape index (κ2) is 10.9. The number of carbonyl (C=O) groups is 2. The van der Waals surface area contributed by atoms with Crippen molar-refractivity contribution < 1.29 is 32.2 Å². The molecule has 0 bridgehead atoms. The van der Waals surface area contributed by atoms with E-state index < -0.39 is 27.1 Å². The summed E-state index contributed by atoms with van der Waals surface area (Å²) in [6, 6.07) is 3.80. The molecule has 3 aliphatic heterocycles. The highest BCUT2D eigenvalue weighted by Gasteiger charge is 2.39. The van der Waals surface area contributed by atoms with Gasteiger partial charge < -0.3 is 24.0 Å². The van der Waals surface area contributed by atoms with E-state index in [0.717, 1.165) is 5.56 Å². The molecule has 5 rings (SSSR count). The highest BCUT2D eigenvalue weighted by atomic mass is 79.9. The van der Waals surface area contributed by atoms with Crippen LogP contribution in [0.5, 0.6) is 5.75 Å². The van der Waals surface area contributed by atoms with Gasteiger partial charge in [0, 0.05) is 32.1 Å². The fraction of sp³-hybridized carbons (Fsp3) is 0.571. The Kier molecular flexibility index (Phi) is 7.84. The number of sulfone groups is 1. The molecular formula is C28H36BrN5O7S. The lowest BCUT2D eigenvalue weighted by Gasteiger charge is -2.40. The van der Waals surface area contributed by atoms with Crippen molar-refractivity contribution in [2.24, 2.45) is 0 Å². The predicted octanol–water partition coefficient (Wildman–Crippen LogP) is 4.77. The van der Waals surface area contributed by atoms with Gasteiger partial charge in [-0.3, -0.25) is 0 Å². The summed E-state index contributed by atoms with van der Waals surface area (Å²) >= 11 is 3.64. The standard InChI is InChI=1S/C28H36BrN5O7S/c1-27(2,3)40-25(35)33-13-18(14-33)17-11-20(29)22-21(12-17)34(26(36)41-28(4,5)6)24-19(15-39-22)23(30-16-31-24)32-7-9-42(37,38)10-8-32/h11-12,16,18H,7-10,13-15H2,1-6H3. The number of rotatable bonds is 2. The summed E-state index contributed by atoms with van der Waals surface area (Å²) in [5.74, 6) is 1.28. The Bertz CT molecular complexity index is 1500. The van der Waals surface area contributed by atoms with Crippen LogP contribution in [0.4, 0.5) is 26.9 Å². The molecule has 0 saturated carbocycles. The summed E-state index contributed by atoms with van der Waals surface area (Å²) in [5, 5.41) is 0. The molecule has 0 spiro atoms. The number of anilines is 3. The first kappa shape index (κ1) is 30.3. The van der Waals surface area contributed by atoms with Crippen molar-refractivity contribution in [1.29, 1.82) is 0 Å². The fourth-order valence-electron chi connectivity index (χ4n) is 4.97. The van der Waals surface area contributed by atoms with E-state index >= 15 is 0 Å². The zero-order valence-electron chi connectivity index (χ0n) is 24.6. The minimum atomic E-state index is -3.11. The van der Waals surface area contributed by atoms with Crippen LogP contribution >= 0.6 is 15.9 Å². The van der Waals surface area contributed by atoms with Crippen molar-refractivity contribution in [3.63, 3.8) is 0 Å². The van der Waals surface area contributed by atoms with Gasteiger partial charge in [-0.2, -0.15) is 0 Å². The van der Waals surface area contributed by atoms with Gasteiger partial charge in [0.25, 0.3) is 0 Å². The van der Waals surface area contributed by atoms with Crippen LogP contribution in [0.25, 0.3) is 0 Å². The molecule has 2 saturated heterocycles. The van der Waals surface area contributed by atoms with Gasteiger partial charge in [-0.15, -0.1) is 0 Å². The zero-order chi connectivity index (χ0) is 30.6. The van der Waals surface area contributed by atoms with Gasteiger partial charge in [0.1, 0.15) is 30.0 Å². The van der Waals surface area contributed by atoms with E-state index in [1.807, 2.05) is 37.8 Å². The Morgan fingerprint density at radius 2 is 1.55 bits per heavy atom. The molecule has 228 valence electrons. The molecule has 0 unspecified atom stereocenters. The number of aromatic nitrogens is 2. The van der Waals surface area contributed by atoms with E-state index in [1.54, 1.807) is 25.7 Å². The number of likely N-dealkylation sites (tertiary alicyclic amines) is 1. The monoisotopic (exact) mass is 665 g/mol. The second-order valence-electron chi connectivity index (χ2n) is 12.7. The zero-order valence-corrected chi connectivity index (χ0v) is 27.0. The van der Waals surface area contributed by atoms with Gasteiger partial charge >= 0.3 is 12.2 Å². The van der Waals surface area contributed by atoms with E-state index in [0.29, 0.717) is 46.2 Å². The van der Waals surface area contributed by atoms with E-state index in [1.165, 1.54) is 11.2 Å². The molecule has 0 aliphatic carbocycles. The molecular weight excluding hydrogens is 630 g/mol. The molecule has 4 heterocycles. The average Bonchev–Trinajstić information content (AvgIpc) is 2.98. The minimum absolute atomic E-state index is 0.0126. The third-order valence-corrected chi connectivity index (χ3v) is 9.18. The largest absolute Gasteiger partial charge is 0.485 e. The van der Waals surface area contributed by atoms with Crippen LogP contribution in [0.3, 0.4) is 0 Å². The van der Waals surface area contributed by atoms with Crippen LogP contribution in [0.15, 0.2) is 22.9 Å². The molecule has 0 radical (unpaired) electrons. The smallest absolute Gasteiger partial charge is 0.420 e.